The molecule has 0 aromatic carbocycles. The van der Waals surface area contributed by atoms with Gasteiger partial charge >= 0.3 is 0 Å². The number of nitrogens with two attached hydrogens (primary N) is 1. The SMILES string of the molecule is CSc1nc(NN)cc(OCC2CCOCC2)n1. The van der Waals surface area contributed by atoms with Crippen LogP contribution in [0.2, 0.25) is 0 Å². The Morgan fingerprint density at radius 2 is 2.28 bits per heavy atom. The van der Waals surface area contributed by atoms with Crippen molar-refractivity contribution in [3.63, 3.8) is 0 Å². The Kier molecular flexibility index (Phi) is 5.03. The van der Waals surface area contributed by atoms with E-state index in [0.29, 0.717) is 29.4 Å². The normalized spacial score (nSPS) is 16.6. The van der Waals surface area contributed by atoms with Crippen LogP contribution < -0.4 is 16.0 Å². The lowest BCUT2D eigenvalue weighted by Gasteiger charge is -2.21. The van der Waals surface area contributed by atoms with E-state index in [1.54, 1.807) is 6.07 Å². The zero-order chi connectivity index (χ0) is 12.8. The monoisotopic (exact) mass is 270 g/mol. The lowest BCUT2D eigenvalue weighted by Crippen LogP contribution is -2.21. The molecule has 0 amide bonds. The molecule has 1 aliphatic heterocycles. The third-order valence-corrected chi connectivity index (χ3v) is 3.37. The Morgan fingerprint density at radius 1 is 1.50 bits per heavy atom. The zero-order valence-electron chi connectivity index (χ0n) is 10.4. The third kappa shape index (κ3) is 3.72. The molecule has 1 aromatic rings. The maximum atomic E-state index is 5.71. The van der Waals surface area contributed by atoms with E-state index in [9.17, 15) is 0 Å². The number of hydrogen-bond acceptors (Lipinski definition) is 7. The van der Waals surface area contributed by atoms with Crippen molar-refractivity contribution in [2.45, 2.75) is 18.0 Å². The molecule has 0 spiro atoms. The predicted molar refractivity (Wildman–Crippen MR) is 70.7 cm³/mol. The second kappa shape index (κ2) is 6.77. The van der Waals surface area contributed by atoms with Crippen LogP contribution in [-0.4, -0.2) is 36.0 Å². The molecule has 0 unspecified atom stereocenters. The van der Waals surface area contributed by atoms with Gasteiger partial charge in [-0.1, -0.05) is 11.8 Å². The van der Waals surface area contributed by atoms with Crippen LogP contribution in [0.15, 0.2) is 11.2 Å². The Balaban J connectivity index is 1.94. The van der Waals surface area contributed by atoms with E-state index in [-0.39, 0.29) is 0 Å². The maximum Gasteiger partial charge on any atom is 0.219 e. The summed E-state index contributed by atoms with van der Waals surface area (Å²) in [6.45, 7) is 2.31. The summed E-state index contributed by atoms with van der Waals surface area (Å²) in [4.78, 5) is 8.47. The van der Waals surface area contributed by atoms with Gasteiger partial charge in [-0.15, -0.1) is 0 Å². The van der Waals surface area contributed by atoms with Crippen LogP contribution in [-0.2, 0) is 4.74 Å². The van der Waals surface area contributed by atoms with Crippen LogP contribution in [0, 0.1) is 5.92 Å². The molecule has 100 valence electrons. The number of nitrogens with one attached hydrogen (secondary N) is 1. The molecule has 3 N–H and O–H groups in total. The molecular formula is C11H18N4O2S. The zero-order valence-corrected chi connectivity index (χ0v) is 11.2. The highest BCUT2D eigenvalue weighted by Crippen LogP contribution is 2.20. The Morgan fingerprint density at radius 3 is 2.94 bits per heavy atom. The summed E-state index contributed by atoms with van der Waals surface area (Å²) in [6.07, 6.45) is 4.00. The highest BCUT2D eigenvalue weighted by molar-refractivity contribution is 7.98. The van der Waals surface area contributed by atoms with Crippen molar-refractivity contribution in [3.05, 3.63) is 6.07 Å². The molecule has 0 atom stereocenters. The van der Waals surface area contributed by atoms with Gasteiger partial charge in [0.05, 0.1) is 6.61 Å². The van der Waals surface area contributed by atoms with E-state index in [0.717, 1.165) is 26.1 Å². The first-order valence-electron chi connectivity index (χ1n) is 5.92. The van der Waals surface area contributed by atoms with E-state index in [1.807, 2.05) is 6.26 Å². The molecule has 0 saturated carbocycles. The van der Waals surface area contributed by atoms with Crippen LogP contribution >= 0.6 is 11.8 Å². The largest absolute Gasteiger partial charge is 0.477 e. The number of hydrogen-bond donors (Lipinski definition) is 2. The number of ether oxygens (including phenoxy) is 2. The minimum atomic E-state index is 0.542. The van der Waals surface area contributed by atoms with Gasteiger partial charge in [0.2, 0.25) is 5.88 Å². The van der Waals surface area contributed by atoms with Crippen molar-refractivity contribution in [1.82, 2.24) is 9.97 Å². The molecular weight excluding hydrogens is 252 g/mol. The quantitative estimate of drug-likeness (QED) is 0.361. The number of anilines is 1. The Labute approximate surface area is 111 Å². The molecule has 2 heterocycles. The van der Waals surface area contributed by atoms with Crippen molar-refractivity contribution < 1.29 is 9.47 Å². The summed E-state index contributed by atoms with van der Waals surface area (Å²) in [5.74, 6) is 7.03. The van der Waals surface area contributed by atoms with Crippen molar-refractivity contribution in [2.24, 2.45) is 11.8 Å². The first-order chi connectivity index (χ1) is 8.81. The van der Waals surface area contributed by atoms with Crippen LogP contribution in [0.4, 0.5) is 5.82 Å². The molecule has 2 rings (SSSR count). The standard InChI is InChI=1S/C11H18N4O2S/c1-18-11-13-9(15-12)6-10(14-11)17-7-8-2-4-16-5-3-8/h6,8H,2-5,7,12H2,1H3,(H,13,14,15). The van der Waals surface area contributed by atoms with Crippen molar-refractivity contribution in [2.75, 3.05) is 31.5 Å². The number of rotatable bonds is 5. The molecule has 1 fully saturated rings. The number of nitrogens with zero attached hydrogens (tertiary/aromatic N) is 2. The number of thioether (sulfide) groups is 1. The third-order valence-electron chi connectivity index (χ3n) is 2.82. The second-order valence-electron chi connectivity index (χ2n) is 4.09. The molecule has 0 aliphatic carbocycles. The summed E-state index contributed by atoms with van der Waals surface area (Å²) < 4.78 is 11.0. The van der Waals surface area contributed by atoms with E-state index < -0.39 is 0 Å². The molecule has 6 nitrogen and oxygen atoms in total. The highest BCUT2D eigenvalue weighted by Gasteiger charge is 2.15. The highest BCUT2D eigenvalue weighted by atomic mass is 32.2. The topological polar surface area (TPSA) is 82.3 Å². The fourth-order valence-electron chi connectivity index (χ4n) is 1.76. The second-order valence-corrected chi connectivity index (χ2v) is 4.86. The molecule has 1 aromatic heterocycles. The molecule has 1 aliphatic rings. The van der Waals surface area contributed by atoms with Crippen LogP contribution in [0.25, 0.3) is 0 Å². The van der Waals surface area contributed by atoms with Gasteiger partial charge in [0, 0.05) is 19.3 Å². The van der Waals surface area contributed by atoms with Crippen LogP contribution in [0.3, 0.4) is 0 Å². The van der Waals surface area contributed by atoms with Crippen molar-refractivity contribution in [1.29, 1.82) is 0 Å². The van der Waals surface area contributed by atoms with Gasteiger partial charge in [-0.25, -0.2) is 10.8 Å². The molecule has 18 heavy (non-hydrogen) atoms. The lowest BCUT2D eigenvalue weighted by atomic mass is 10.0. The maximum absolute atomic E-state index is 5.71. The molecule has 7 heteroatoms. The van der Waals surface area contributed by atoms with Gasteiger partial charge < -0.3 is 14.9 Å². The van der Waals surface area contributed by atoms with Crippen LogP contribution in [0.5, 0.6) is 5.88 Å². The van der Waals surface area contributed by atoms with Gasteiger partial charge in [0.25, 0.3) is 0 Å². The van der Waals surface area contributed by atoms with E-state index in [2.05, 4.69) is 15.4 Å². The van der Waals surface area contributed by atoms with Crippen LogP contribution in [0.1, 0.15) is 12.8 Å². The van der Waals surface area contributed by atoms with Gasteiger partial charge in [-0.2, -0.15) is 4.98 Å². The van der Waals surface area contributed by atoms with E-state index >= 15 is 0 Å². The van der Waals surface area contributed by atoms with Crippen molar-refractivity contribution >= 4 is 17.6 Å². The van der Waals surface area contributed by atoms with E-state index in [4.69, 9.17) is 15.3 Å². The van der Waals surface area contributed by atoms with Gasteiger partial charge in [0.1, 0.15) is 5.82 Å². The number of aromatic nitrogens is 2. The Hall–Kier alpha value is -1.05. The summed E-state index contributed by atoms with van der Waals surface area (Å²) in [5, 5.41) is 0.646. The van der Waals surface area contributed by atoms with Crippen molar-refractivity contribution in [3.8, 4) is 5.88 Å². The fraction of sp³-hybridized carbons (Fsp3) is 0.636. The lowest BCUT2D eigenvalue weighted by molar-refractivity contribution is 0.0489. The van der Waals surface area contributed by atoms with Gasteiger partial charge in [-0.3, -0.25) is 0 Å². The summed E-state index contributed by atoms with van der Waals surface area (Å²) >= 11 is 1.46. The smallest absolute Gasteiger partial charge is 0.219 e. The molecule has 0 bridgehead atoms. The molecule has 1 saturated heterocycles. The molecule has 0 radical (unpaired) electrons. The van der Waals surface area contributed by atoms with E-state index in [1.165, 1.54) is 11.8 Å². The minimum absolute atomic E-state index is 0.542. The van der Waals surface area contributed by atoms with Gasteiger partial charge in [-0.05, 0) is 25.0 Å². The summed E-state index contributed by atoms with van der Waals surface area (Å²) in [5.41, 5.74) is 2.52. The first kappa shape index (κ1) is 13.4. The average molecular weight is 270 g/mol. The fourth-order valence-corrected chi connectivity index (χ4v) is 2.13. The number of nitrogen functional groups attached to an aromatic ring is 1. The summed E-state index contributed by atoms with van der Waals surface area (Å²) in [7, 11) is 0. The number of hydrazine groups is 1. The summed E-state index contributed by atoms with van der Waals surface area (Å²) in [6, 6.07) is 1.71. The van der Waals surface area contributed by atoms with Gasteiger partial charge in [0.15, 0.2) is 5.16 Å². The minimum Gasteiger partial charge on any atom is -0.477 e. The average Bonchev–Trinajstić information content (AvgIpc) is 2.45. The first-order valence-corrected chi connectivity index (χ1v) is 7.14. The predicted octanol–water partition coefficient (Wildman–Crippen LogP) is 1.29. The Bertz CT molecular complexity index is 363.